The third-order valence-electron chi connectivity index (χ3n) is 5.36. The van der Waals surface area contributed by atoms with Crippen LogP contribution in [-0.2, 0) is 12.8 Å². The number of fused-ring (bicyclic) bond motifs is 2. The maximum atomic E-state index is 5.69. The van der Waals surface area contributed by atoms with E-state index in [1.807, 2.05) is 0 Å². The van der Waals surface area contributed by atoms with E-state index in [0.717, 1.165) is 36.6 Å². The van der Waals surface area contributed by atoms with Crippen LogP contribution in [0.25, 0.3) is 0 Å². The number of nitrogens with one attached hydrogen (secondary N) is 1. The minimum atomic E-state index is 0.154. The van der Waals surface area contributed by atoms with Gasteiger partial charge < -0.3 is 29.0 Å². The fraction of sp³-hybridized carbons (Fsp3) is 0.429. The van der Waals surface area contributed by atoms with E-state index >= 15 is 0 Å². The molecule has 0 bridgehead atoms. The van der Waals surface area contributed by atoms with Gasteiger partial charge >= 0.3 is 0 Å². The number of hydrogen-bond donors (Lipinski definition) is 1. The zero-order valence-corrected chi connectivity index (χ0v) is 16.2. The Hall–Kier alpha value is -2.60. The first kappa shape index (κ1) is 17.8. The van der Waals surface area contributed by atoms with Gasteiger partial charge in [-0.3, -0.25) is 0 Å². The van der Waals surface area contributed by atoms with Crippen molar-refractivity contribution in [1.82, 2.24) is 5.32 Å². The van der Waals surface area contributed by atoms with Crippen molar-refractivity contribution >= 4 is 0 Å². The molecule has 0 radical (unpaired) electrons. The molecule has 2 aliphatic rings. The van der Waals surface area contributed by atoms with E-state index < -0.39 is 0 Å². The molecule has 0 aliphatic carbocycles. The Morgan fingerprint density at radius 1 is 1.00 bits per heavy atom. The van der Waals surface area contributed by atoms with E-state index in [2.05, 4.69) is 30.4 Å². The molecule has 0 amide bonds. The summed E-state index contributed by atoms with van der Waals surface area (Å²) in [6.07, 6.45) is 1.73. The molecule has 2 aliphatic heterocycles. The van der Waals surface area contributed by atoms with Crippen LogP contribution in [0.2, 0.25) is 0 Å². The van der Waals surface area contributed by atoms with Gasteiger partial charge in [-0.05, 0) is 61.2 Å². The molecule has 0 aromatic heterocycles. The SMILES string of the molecule is COc1cc2c(c(OC)c1OC)CCNC2Cc1cc2c(cc1C)OCO2. The Morgan fingerprint density at radius 3 is 2.44 bits per heavy atom. The number of hydrogen-bond acceptors (Lipinski definition) is 6. The third kappa shape index (κ3) is 3.04. The number of rotatable bonds is 5. The molecule has 6 heteroatoms. The van der Waals surface area contributed by atoms with Gasteiger partial charge in [-0.25, -0.2) is 0 Å². The zero-order chi connectivity index (χ0) is 19.0. The molecule has 0 saturated carbocycles. The number of aryl methyl sites for hydroxylation is 1. The Bertz CT molecular complexity index is 864. The van der Waals surface area contributed by atoms with Crippen LogP contribution in [0, 0.1) is 6.92 Å². The summed E-state index contributed by atoms with van der Waals surface area (Å²) in [5, 5.41) is 3.63. The molecule has 1 N–H and O–H groups in total. The smallest absolute Gasteiger partial charge is 0.231 e. The minimum Gasteiger partial charge on any atom is -0.493 e. The van der Waals surface area contributed by atoms with Crippen molar-refractivity contribution in [2.45, 2.75) is 25.8 Å². The first-order valence-electron chi connectivity index (χ1n) is 9.10. The Kier molecular flexibility index (Phi) is 4.74. The summed E-state index contributed by atoms with van der Waals surface area (Å²) in [5.41, 5.74) is 4.80. The lowest BCUT2D eigenvalue weighted by molar-refractivity contribution is 0.174. The van der Waals surface area contributed by atoms with Crippen LogP contribution in [0.3, 0.4) is 0 Å². The van der Waals surface area contributed by atoms with E-state index in [4.69, 9.17) is 23.7 Å². The highest BCUT2D eigenvalue weighted by molar-refractivity contribution is 5.61. The van der Waals surface area contributed by atoms with E-state index in [-0.39, 0.29) is 12.8 Å². The molecule has 144 valence electrons. The summed E-state index contributed by atoms with van der Waals surface area (Å²) in [5.74, 6) is 3.74. The van der Waals surface area contributed by atoms with Gasteiger partial charge in [-0.15, -0.1) is 0 Å². The molecular formula is C21H25NO5. The molecule has 6 nitrogen and oxygen atoms in total. The molecule has 4 rings (SSSR count). The molecule has 2 aromatic carbocycles. The molecule has 1 atom stereocenters. The van der Waals surface area contributed by atoms with Crippen molar-refractivity contribution in [1.29, 1.82) is 0 Å². The fourth-order valence-corrected chi connectivity index (χ4v) is 3.99. The third-order valence-corrected chi connectivity index (χ3v) is 5.36. The average Bonchev–Trinajstić information content (AvgIpc) is 3.13. The summed E-state index contributed by atoms with van der Waals surface area (Å²) >= 11 is 0. The molecule has 1 unspecified atom stereocenters. The summed E-state index contributed by atoms with van der Waals surface area (Å²) < 4.78 is 27.8. The van der Waals surface area contributed by atoms with Gasteiger partial charge in [0.25, 0.3) is 0 Å². The second kappa shape index (κ2) is 7.19. The van der Waals surface area contributed by atoms with Crippen molar-refractivity contribution in [3.05, 3.63) is 40.5 Å². The maximum absolute atomic E-state index is 5.69. The second-order valence-electron chi connectivity index (χ2n) is 6.81. The van der Waals surface area contributed by atoms with Crippen molar-refractivity contribution in [3.63, 3.8) is 0 Å². The monoisotopic (exact) mass is 371 g/mol. The van der Waals surface area contributed by atoms with E-state index in [9.17, 15) is 0 Å². The lowest BCUT2D eigenvalue weighted by atomic mass is 9.88. The highest BCUT2D eigenvalue weighted by Gasteiger charge is 2.28. The van der Waals surface area contributed by atoms with Gasteiger partial charge in [0.05, 0.1) is 21.3 Å². The standard InChI is InChI=1S/C21H25NO5/c1-12-7-17-18(27-11-26-17)9-13(12)8-16-15-10-19(23-2)21(25-4)20(24-3)14(15)5-6-22-16/h7,9-10,16,22H,5-6,8,11H2,1-4H3. The molecular weight excluding hydrogens is 346 g/mol. The van der Waals surface area contributed by atoms with Gasteiger partial charge in [0.15, 0.2) is 23.0 Å². The van der Waals surface area contributed by atoms with Gasteiger partial charge in [-0.1, -0.05) is 0 Å². The van der Waals surface area contributed by atoms with Crippen LogP contribution in [-0.4, -0.2) is 34.7 Å². The highest BCUT2D eigenvalue weighted by atomic mass is 16.7. The number of methoxy groups -OCH3 is 3. The lowest BCUT2D eigenvalue weighted by Gasteiger charge is -2.30. The topological polar surface area (TPSA) is 58.2 Å². The Labute approximate surface area is 159 Å². The summed E-state index contributed by atoms with van der Waals surface area (Å²) in [4.78, 5) is 0. The summed E-state index contributed by atoms with van der Waals surface area (Å²) in [6, 6.07) is 6.36. The zero-order valence-electron chi connectivity index (χ0n) is 16.2. The van der Waals surface area contributed by atoms with Crippen molar-refractivity contribution < 1.29 is 23.7 Å². The number of benzene rings is 2. The highest BCUT2D eigenvalue weighted by Crippen LogP contribution is 2.46. The Balaban J connectivity index is 1.73. The van der Waals surface area contributed by atoms with Gasteiger partial charge in [0.2, 0.25) is 12.5 Å². The molecule has 0 fully saturated rings. The van der Waals surface area contributed by atoms with Crippen molar-refractivity contribution in [2.75, 3.05) is 34.7 Å². The van der Waals surface area contributed by atoms with E-state index in [1.165, 1.54) is 22.3 Å². The van der Waals surface area contributed by atoms with Crippen molar-refractivity contribution in [2.24, 2.45) is 0 Å². The predicted octanol–water partition coefficient (Wildman–Crippen LogP) is 3.18. The molecule has 27 heavy (non-hydrogen) atoms. The first-order valence-corrected chi connectivity index (χ1v) is 9.10. The molecule has 0 saturated heterocycles. The van der Waals surface area contributed by atoms with E-state index in [0.29, 0.717) is 11.5 Å². The molecule has 2 aromatic rings. The molecule has 0 spiro atoms. The maximum Gasteiger partial charge on any atom is 0.231 e. The van der Waals surface area contributed by atoms with E-state index in [1.54, 1.807) is 21.3 Å². The lowest BCUT2D eigenvalue weighted by Crippen LogP contribution is -2.32. The van der Waals surface area contributed by atoms with Crippen LogP contribution in [0.15, 0.2) is 18.2 Å². The average molecular weight is 371 g/mol. The van der Waals surface area contributed by atoms with Gasteiger partial charge in [0.1, 0.15) is 0 Å². The summed E-state index contributed by atoms with van der Waals surface area (Å²) in [6.45, 7) is 3.28. The quantitative estimate of drug-likeness (QED) is 0.871. The number of ether oxygens (including phenoxy) is 5. The summed E-state index contributed by atoms with van der Waals surface area (Å²) in [7, 11) is 4.97. The first-order chi connectivity index (χ1) is 13.2. The molecule has 2 heterocycles. The van der Waals surface area contributed by atoms with Crippen LogP contribution >= 0.6 is 0 Å². The van der Waals surface area contributed by atoms with Crippen LogP contribution < -0.4 is 29.0 Å². The van der Waals surface area contributed by atoms with Crippen LogP contribution in [0.5, 0.6) is 28.7 Å². The predicted molar refractivity (Wildman–Crippen MR) is 102 cm³/mol. The second-order valence-corrected chi connectivity index (χ2v) is 6.81. The fourth-order valence-electron chi connectivity index (χ4n) is 3.99. The largest absolute Gasteiger partial charge is 0.493 e. The van der Waals surface area contributed by atoms with Crippen molar-refractivity contribution in [3.8, 4) is 28.7 Å². The normalized spacial score (nSPS) is 17.4. The van der Waals surface area contributed by atoms with Gasteiger partial charge in [-0.2, -0.15) is 0 Å². The minimum absolute atomic E-state index is 0.154. The van der Waals surface area contributed by atoms with Crippen LogP contribution in [0.1, 0.15) is 28.3 Å². The van der Waals surface area contributed by atoms with Gasteiger partial charge in [0, 0.05) is 11.6 Å². The van der Waals surface area contributed by atoms with Crippen LogP contribution in [0.4, 0.5) is 0 Å². The Morgan fingerprint density at radius 2 is 1.74 bits per heavy atom.